The van der Waals surface area contributed by atoms with Crippen molar-refractivity contribution in [3.63, 3.8) is 0 Å². The molecule has 1 unspecified atom stereocenters. The molecule has 0 bridgehead atoms. The van der Waals surface area contributed by atoms with Crippen LogP contribution in [-0.2, 0) is 9.53 Å². The monoisotopic (exact) mass is 253 g/mol. The van der Waals surface area contributed by atoms with E-state index in [0.29, 0.717) is 11.9 Å². The Hall–Kier alpha value is -0.650. The maximum atomic E-state index is 12.2. The number of likely N-dealkylation sites (tertiary alicyclic amines) is 1. The van der Waals surface area contributed by atoms with Crippen molar-refractivity contribution in [3.8, 4) is 0 Å². The van der Waals surface area contributed by atoms with E-state index in [-0.39, 0.29) is 6.04 Å². The van der Waals surface area contributed by atoms with Crippen molar-refractivity contribution < 1.29 is 9.53 Å². The Morgan fingerprint density at radius 2 is 1.89 bits per heavy atom. The molecule has 1 amide bonds. The topological polar surface area (TPSA) is 44.8 Å². The van der Waals surface area contributed by atoms with Gasteiger partial charge in [-0.25, -0.2) is 0 Å². The predicted octanol–water partition coefficient (Wildman–Crippen LogP) is -0.328. The van der Waals surface area contributed by atoms with Crippen LogP contribution in [0.25, 0.3) is 0 Å². The molecule has 2 heterocycles. The summed E-state index contributed by atoms with van der Waals surface area (Å²) in [7, 11) is 0. The van der Waals surface area contributed by atoms with Gasteiger partial charge in [0.15, 0.2) is 0 Å². The van der Waals surface area contributed by atoms with Crippen molar-refractivity contribution in [3.05, 3.63) is 0 Å². The molecule has 102 valence electrons. The fourth-order valence-electron chi connectivity index (χ4n) is 2.74. The first-order valence-corrected chi connectivity index (χ1v) is 7.18. The van der Waals surface area contributed by atoms with Crippen LogP contribution in [0.3, 0.4) is 0 Å². The number of amides is 1. The first-order chi connectivity index (χ1) is 8.83. The van der Waals surface area contributed by atoms with Crippen molar-refractivity contribution >= 4 is 5.91 Å². The SMILES string of the molecule is O=C1C(NC2CC2)CCN1CCN1CCOCC1. The van der Waals surface area contributed by atoms with Gasteiger partial charge >= 0.3 is 0 Å². The molecular formula is C13H23N3O2. The van der Waals surface area contributed by atoms with Crippen molar-refractivity contribution in [1.29, 1.82) is 0 Å². The molecule has 0 radical (unpaired) electrons. The molecule has 3 aliphatic rings. The molecule has 18 heavy (non-hydrogen) atoms. The number of hydrogen-bond donors (Lipinski definition) is 1. The lowest BCUT2D eigenvalue weighted by molar-refractivity contribution is -0.129. The molecule has 3 rings (SSSR count). The summed E-state index contributed by atoms with van der Waals surface area (Å²) in [5.41, 5.74) is 0. The van der Waals surface area contributed by atoms with Gasteiger partial charge in [-0.05, 0) is 19.3 Å². The smallest absolute Gasteiger partial charge is 0.239 e. The van der Waals surface area contributed by atoms with E-state index in [1.807, 2.05) is 4.90 Å². The summed E-state index contributed by atoms with van der Waals surface area (Å²) in [5.74, 6) is 0.315. The molecule has 1 aliphatic carbocycles. The first-order valence-electron chi connectivity index (χ1n) is 7.18. The number of nitrogens with one attached hydrogen (secondary N) is 1. The highest BCUT2D eigenvalue weighted by Crippen LogP contribution is 2.22. The molecule has 1 atom stereocenters. The van der Waals surface area contributed by atoms with Crippen molar-refractivity contribution in [2.75, 3.05) is 45.9 Å². The number of nitrogens with zero attached hydrogens (tertiary/aromatic N) is 2. The number of carbonyl (C=O) groups excluding carboxylic acids is 1. The van der Waals surface area contributed by atoms with Crippen LogP contribution >= 0.6 is 0 Å². The molecule has 3 fully saturated rings. The molecule has 0 aromatic rings. The van der Waals surface area contributed by atoms with Crippen molar-refractivity contribution in [2.24, 2.45) is 0 Å². The molecule has 2 aliphatic heterocycles. The average Bonchev–Trinajstić information content (AvgIpc) is 3.15. The quantitative estimate of drug-likeness (QED) is 0.729. The van der Waals surface area contributed by atoms with Crippen LogP contribution in [0.4, 0.5) is 0 Å². The Kier molecular flexibility index (Phi) is 3.82. The molecule has 0 aromatic heterocycles. The summed E-state index contributed by atoms with van der Waals surface area (Å²) in [6.07, 6.45) is 3.48. The molecule has 0 spiro atoms. The normalized spacial score (nSPS) is 30.1. The van der Waals surface area contributed by atoms with Gasteiger partial charge in [-0.3, -0.25) is 9.69 Å². The second kappa shape index (κ2) is 5.55. The van der Waals surface area contributed by atoms with Gasteiger partial charge in [0, 0.05) is 38.8 Å². The Morgan fingerprint density at radius 3 is 2.61 bits per heavy atom. The van der Waals surface area contributed by atoms with Crippen LogP contribution in [0.1, 0.15) is 19.3 Å². The maximum Gasteiger partial charge on any atom is 0.239 e. The number of rotatable bonds is 5. The summed E-state index contributed by atoms with van der Waals surface area (Å²) in [5, 5.41) is 3.45. The largest absolute Gasteiger partial charge is 0.379 e. The minimum absolute atomic E-state index is 0.0992. The summed E-state index contributed by atoms with van der Waals surface area (Å²) >= 11 is 0. The van der Waals surface area contributed by atoms with Gasteiger partial charge in [0.05, 0.1) is 19.3 Å². The molecule has 2 saturated heterocycles. The minimum atomic E-state index is 0.0992. The van der Waals surface area contributed by atoms with E-state index in [0.717, 1.165) is 52.4 Å². The molecule has 5 heteroatoms. The highest BCUT2D eigenvalue weighted by atomic mass is 16.5. The Bertz CT molecular complexity index is 301. The third-order valence-electron chi connectivity index (χ3n) is 4.10. The summed E-state index contributed by atoms with van der Waals surface area (Å²) < 4.78 is 5.33. The van der Waals surface area contributed by atoms with E-state index in [2.05, 4.69) is 10.2 Å². The standard InChI is InChI=1S/C13H23N3O2/c17-13-12(14-11-1-2-11)3-4-16(13)6-5-15-7-9-18-10-8-15/h11-12,14H,1-10H2. The van der Waals surface area contributed by atoms with Gasteiger partial charge in [0.25, 0.3) is 0 Å². The predicted molar refractivity (Wildman–Crippen MR) is 68.4 cm³/mol. The summed E-state index contributed by atoms with van der Waals surface area (Å²) in [4.78, 5) is 16.6. The van der Waals surface area contributed by atoms with Crippen LogP contribution in [0.15, 0.2) is 0 Å². The summed E-state index contributed by atoms with van der Waals surface area (Å²) in [6.45, 7) is 6.47. The lowest BCUT2D eigenvalue weighted by Gasteiger charge is -2.28. The maximum absolute atomic E-state index is 12.2. The van der Waals surface area contributed by atoms with E-state index in [4.69, 9.17) is 4.74 Å². The fraction of sp³-hybridized carbons (Fsp3) is 0.923. The Balaban J connectivity index is 1.41. The van der Waals surface area contributed by atoms with Gasteiger partial charge in [0.1, 0.15) is 0 Å². The van der Waals surface area contributed by atoms with Crippen molar-refractivity contribution in [1.82, 2.24) is 15.1 Å². The molecule has 0 aromatic carbocycles. The summed E-state index contributed by atoms with van der Waals surface area (Å²) in [6, 6.07) is 0.723. The number of carbonyl (C=O) groups is 1. The molecule has 1 saturated carbocycles. The number of morpholine rings is 1. The van der Waals surface area contributed by atoms with E-state index in [1.54, 1.807) is 0 Å². The minimum Gasteiger partial charge on any atom is -0.379 e. The van der Waals surface area contributed by atoms with Crippen LogP contribution < -0.4 is 5.32 Å². The number of ether oxygens (including phenoxy) is 1. The lowest BCUT2D eigenvalue weighted by atomic mass is 10.2. The van der Waals surface area contributed by atoms with Gasteiger partial charge in [0.2, 0.25) is 5.91 Å². The fourth-order valence-corrected chi connectivity index (χ4v) is 2.74. The zero-order chi connectivity index (χ0) is 12.4. The average molecular weight is 253 g/mol. The molecule has 5 nitrogen and oxygen atoms in total. The lowest BCUT2D eigenvalue weighted by Crippen LogP contribution is -2.44. The van der Waals surface area contributed by atoms with Crippen LogP contribution in [-0.4, -0.2) is 73.7 Å². The zero-order valence-electron chi connectivity index (χ0n) is 10.9. The number of hydrogen-bond acceptors (Lipinski definition) is 4. The van der Waals surface area contributed by atoms with Crippen LogP contribution in [0, 0.1) is 0 Å². The van der Waals surface area contributed by atoms with Gasteiger partial charge in [-0.2, -0.15) is 0 Å². The molecular weight excluding hydrogens is 230 g/mol. The van der Waals surface area contributed by atoms with E-state index in [1.165, 1.54) is 12.8 Å². The Labute approximate surface area is 108 Å². The van der Waals surface area contributed by atoms with Gasteiger partial charge < -0.3 is 15.0 Å². The second-order valence-corrected chi connectivity index (χ2v) is 5.56. The van der Waals surface area contributed by atoms with E-state index < -0.39 is 0 Å². The second-order valence-electron chi connectivity index (χ2n) is 5.56. The third kappa shape index (κ3) is 3.02. The first kappa shape index (κ1) is 12.4. The van der Waals surface area contributed by atoms with E-state index in [9.17, 15) is 4.79 Å². The van der Waals surface area contributed by atoms with Crippen molar-refractivity contribution in [2.45, 2.75) is 31.3 Å². The highest BCUT2D eigenvalue weighted by Gasteiger charge is 2.35. The van der Waals surface area contributed by atoms with Gasteiger partial charge in [-0.15, -0.1) is 0 Å². The highest BCUT2D eigenvalue weighted by molar-refractivity contribution is 5.84. The third-order valence-corrected chi connectivity index (χ3v) is 4.10. The Morgan fingerprint density at radius 1 is 1.11 bits per heavy atom. The zero-order valence-corrected chi connectivity index (χ0v) is 10.9. The van der Waals surface area contributed by atoms with E-state index >= 15 is 0 Å². The molecule has 1 N–H and O–H groups in total. The van der Waals surface area contributed by atoms with Crippen LogP contribution in [0.5, 0.6) is 0 Å². The van der Waals surface area contributed by atoms with Gasteiger partial charge in [-0.1, -0.05) is 0 Å². The van der Waals surface area contributed by atoms with Crippen LogP contribution in [0.2, 0.25) is 0 Å².